The Bertz CT molecular complexity index is 233. The van der Waals surface area contributed by atoms with Crippen molar-refractivity contribution in [3.05, 3.63) is 0 Å². The molecular formula is C15H30N2O. The molecule has 0 aromatic rings. The van der Waals surface area contributed by atoms with Crippen LogP contribution in [0, 0.1) is 0 Å². The maximum Gasteiger partial charge on any atom is 0.0588 e. The van der Waals surface area contributed by atoms with Crippen molar-refractivity contribution in [2.45, 2.75) is 69.9 Å². The first-order chi connectivity index (χ1) is 8.80. The standard InChI is InChI=1S/C15H30N2O/c1-2-17(11-8-14-7-6-12-18-14)15(13-16)9-4-3-5-10-15/h14H,2-13,16H2,1H3. The Labute approximate surface area is 112 Å². The van der Waals surface area contributed by atoms with Gasteiger partial charge in [-0.1, -0.05) is 26.2 Å². The van der Waals surface area contributed by atoms with Crippen molar-refractivity contribution in [2.24, 2.45) is 5.73 Å². The molecule has 1 saturated carbocycles. The summed E-state index contributed by atoms with van der Waals surface area (Å²) in [5.41, 5.74) is 6.42. The van der Waals surface area contributed by atoms with Gasteiger partial charge in [-0.15, -0.1) is 0 Å². The second-order valence-electron chi connectivity index (χ2n) is 5.99. The van der Waals surface area contributed by atoms with Gasteiger partial charge in [-0.2, -0.15) is 0 Å². The molecule has 1 unspecified atom stereocenters. The smallest absolute Gasteiger partial charge is 0.0588 e. The molecule has 3 nitrogen and oxygen atoms in total. The number of nitrogens with zero attached hydrogens (tertiary/aromatic N) is 1. The first-order valence-corrected chi connectivity index (χ1v) is 7.87. The Morgan fingerprint density at radius 1 is 1.22 bits per heavy atom. The molecule has 2 rings (SSSR count). The van der Waals surface area contributed by atoms with E-state index in [1.807, 2.05) is 0 Å². The lowest BCUT2D eigenvalue weighted by Gasteiger charge is -2.46. The molecule has 1 aliphatic heterocycles. The van der Waals surface area contributed by atoms with Gasteiger partial charge in [0, 0.05) is 25.2 Å². The summed E-state index contributed by atoms with van der Waals surface area (Å²) in [4.78, 5) is 2.65. The maximum atomic E-state index is 6.13. The molecule has 1 heterocycles. The van der Waals surface area contributed by atoms with Crippen LogP contribution in [0.4, 0.5) is 0 Å². The fraction of sp³-hybridized carbons (Fsp3) is 1.00. The molecule has 0 radical (unpaired) electrons. The zero-order chi connectivity index (χ0) is 12.8. The number of nitrogens with two attached hydrogens (primary N) is 1. The highest BCUT2D eigenvalue weighted by Crippen LogP contribution is 2.33. The molecule has 18 heavy (non-hydrogen) atoms. The fourth-order valence-electron chi connectivity index (χ4n) is 3.76. The summed E-state index contributed by atoms with van der Waals surface area (Å²) in [5.74, 6) is 0. The van der Waals surface area contributed by atoms with Crippen LogP contribution >= 0.6 is 0 Å². The van der Waals surface area contributed by atoms with E-state index in [2.05, 4.69) is 11.8 Å². The summed E-state index contributed by atoms with van der Waals surface area (Å²) < 4.78 is 5.74. The highest BCUT2D eigenvalue weighted by atomic mass is 16.5. The molecule has 0 aromatic carbocycles. The van der Waals surface area contributed by atoms with Crippen LogP contribution in [0.1, 0.15) is 58.3 Å². The molecule has 0 bridgehead atoms. The summed E-state index contributed by atoms with van der Waals surface area (Å²) in [7, 11) is 0. The van der Waals surface area contributed by atoms with Gasteiger partial charge in [-0.25, -0.2) is 0 Å². The lowest BCUT2D eigenvalue weighted by Crippen LogP contribution is -2.55. The minimum atomic E-state index is 0.297. The molecule has 2 fully saturated rings. The Kier molecular flexibility index (Phi) is 5.46. The van der Waals surface area contributed by atoms with Crippen molar-refractivity contribution in [3.63, 3.8) is 0 Å². The van der Waals surface area contributed by atoms with Gasteiger partial charge >= 0.3 is 0 Å². The van der Waals surface area contributed by atoms with Crippen LogP contribution in [0.2, 0.25) is 0 Å². The van der Waals surface area contributed by atoms with E-state index in [-0.39, 0.29) is 0 Å². The first kappa shape index (κ1) is 14.3. The van der Waals surface area contributed by atoms with Crippen LogP contribution in [0.15, 0.2) is 0 Å². The van der Waals surface area contributed by atoms with E-state index in [0.717, 1.165) is 19.7 Å². The van der Waals surface area contributed by atoms with Gasteiger partial charge in [0.1, 0.15) is 0 Å². The second-order valence-corrected chi connectivity index (χ2v) is 5.99. The predicted octanol–water partition coefficient (Wildman–Crippen LogP) is 2.54. The van der Waals surface area contributed by atoms with E-state index in [4.69, 9.17) is 10.5 Å². The van der Waals surface area contributed by atoms with Gasteiger partial charge in [0.25, 0.3) is 0 Å². The summed E-state index contributed by atoms with van der Waals surface area (Å²) in [6.07, 6.45) is 10.9. The van der Waals surface area contributed by atoms with Crippen molar-refractivity contribution in [2.75, 3.05) is 26.2 Å². The average Bonchev–Trinajstić information content (AvgIpc) is 2.93. The number of hydrogen-bond acceptors (Lipinski definition) is 3. The highest BCUT2D eigenvalue weighted by Gasteiger charge is 2.36. The van der Waals surface area contributed by atoms with Gasteiger partial charge in [0.2, 0.25) is 0 Å². The molecule has 2 aliphatic rings. The van der Waals surface area contributed by atoms with Crippen LogP contribution < -0.4 is 5.73 Å². The molecule has 0 aromatic heterocycles. The van der Waals surface area contributed by atoms with E-state index in [1.54, 1.807) is 0 Å². The maximum absolute atomic E-state index is 6.13. The average molecular weight is 254 g/mol. The SMILES string of the molecule is CCN(CCC1CCCO1)C1(CN)CCCCC1. The normalized spacial score (nSPS) is 27.8. The van der Waals surface area contributed by atoms with Crippen LogP contribution in [0.25, 0.3) is 0 Å². The van der Waals surface area contributed by atoms with Crippen molar-refractivity contribution < 1.29 is 4.74 Å². The third kappa shape index (κ3) is 3.25. The van der Waals surface area contributed by atoms with Crippen LogP contribution in [-0.2, 0) is 4.74 Å². The van der Waals surface area contributed by atoms with Crippen molar-refractivity contribution in [1.29, 1.82) is 0 Å². The number of hydrogen-bond donors (Lipinski definition) is 1. The van der Waals surface area contributed by atoms with Crippen LogP contribution in [0.3, 0.4) is 0 Å². The van der Waals surface area contributed by atoms with E-state index in [1.165, 1.54) is 57.9 Å². The van der Waals surface area contributed by atoms with Crippen molar-refractivity contribution >= 4 is 0 Å². The first-order valence-electron chi connectivity index (χ1n) is 7.87. The Balaban J connectivity index is 1.88. The van der Waals surface area contributed by atoms with Crippen LogP contribution in [-0.4, -0.2) is 42.8 Å². The zero-order valence-electron chi connectivity index (χ0n) is 12.0. The Morgan fingerprint density at radius 3 is 2.56 bits per heavy atom. The Hall–Kier alpha value is -0.120. The number of likely N-dealkylation sites (N-methyl/N-ethyl adjacent to an activating group) is 1. The molecule has 106 valence electrons. The van der Waals surface area contributed by atoms with Gasteiger partial charge in [0.05, 0.1) is 6.10 Å². The summed E-state index contributed by atoms with van der Waals surface area (Å²) in [5, 5.41) is 0. The highest BCUT2D eigenvalue weighted by molar-refractivity contribution is 4.94. The lowest BCUT2D eigenvalue weighted by molar-refractivity contribution is 0.0369. The Morgan fingerprint density at radius 2 is 2.00 bits per heavy atom. The van der Waals surface area contributed by atoms with Gasteiger partial charge in [-0.05, 0) is 38.6 Å². The molecule has 2 N–H and O–H groups in total. The summed E-state index contributed by atoms with van der Waals surface area (Å²) >= 11 is 0. The number of ether oxygens (including phenoxy) is 1. The fourth-order valence-corrected chi connectivity index (χ4v) is 3.76. The molecule has 0 spiro atoms. The third-order valence-corrected chi connectivity index (χ3v) is 4.96. The number of rotatable bonds is 6. The molecule has 0 amide bonds. The zero-order valence-corrected chi connectivity index (χ0v) is 12.0. The van der Waals surface area contributed by atoms with E-state index in [9.17, 15) is 0 Å². The molecule has 1 saturated heterocycles. The minimum Gasteiger partial charge on any atom is -0.378 e. The summed E-state index contributed by atoms with van der Waals surface area (Å²) in [6.45, 7) is 6.37. The second kappa shape index (κ2) is 6.88. The van der Waals surface area contributed by atoms with Crippen molar-refractivity contribution in [3.8, 4) is 0 Å². The predicted molar refractivity (Wildman–Crippen MR) is 75.7 cm³/mol. The van der Waals surface area contributed by atoms with E-state index in [0.29, 0.717) is 11.6 Å². The largest absolute Gasteiger partial charge is 0.378 e. The molecule has 1 atom stereocenters. The topological polar surface area (TPSA) is 38.5 Å². The summed E-state index contributed by atoms with van der Waals surface area (Å²) in [6, 6.07) is 0. The monoisotopic (exact) mass is 254 g/mol. The van der Waals surface area contributed by atoms with Gasteiger partial charge < -0.3 is 10.5 Å². The quantitative estimate of drug-likeness (QED) is 0.791. The molecular weight excluding hydrogens is 224 g/mol. The minimum absolute atomic E-state index is 0.297. The van der Waals surface area contributed by atoms with Gasteiger partial charge in [-0.3, -0.25) is 4.90 Å². The third-order valence-electron chi connectivity index (χ3n) is 4.96. The lowest BCUT2D eigenvalue weighted by atomic mass is 9.80. The van der Waals surface area contributed by atoms with Crippen LogP contribution in [0.5, 0.6) is 0 Å². The van der Waals surface area contributed by atoms with E-state index < -0.39 is 0 Å². The van der Waals surface area contributed by atoms with Crippen molar-refractivity contribution in [1.82, 2.24) is 4.90 Å². The van der Waals surface area contributed by atoms with E-state index >= 15 is 0 Å². The molecule has 1 aliphatic carbocycles. The molecule has 3 heteroatoms. The van der Waals surface area contributed by atoms with Gasteiger partial charge in [0.15, 0.2) is 0 Å².